The topological polar surface area (TPSA) is 109 Å². The molecular weight excluding hydrogens is 370 g/mol. The number of hydrogen-bond acceptors (Lipinski definition) is 5. The lowest BCUT2D eigenvalue weighted by molar-refractivity contribution is -0.384. The highest BCUT2D eigenvalue weighted by molar-refractivity contribution is 6.09. The molecule has 0 saturated carbocycles. The average molecular weight is 387 g/mol. The highest BCUT2D eigenvalue weighted by Crippen LogP contribution is 2.25. The zero-order valence-corrected chi connectivity index (χ0v) is 15.8. The average Bonchev–Trinajstić information content (AvgIpc) is 3.17. The lowest BCUT2D eigenvalue weighted by Gasteiger charge is -2.06. The summed E-state index contributed by atoms with van der Waals surface area (Å²) in [5, 5.41) is 22.8. The number of nitriles is 1. The molecule has 7 heteroatoms. The first-order valence-electron chi connectivity index (χ1n) is 8.72. The van der Waals surface area contributed by atoms with Crippen molar-refractivity contribution < 1.29 is 14.1 Å². The third-order valence-electron chi connectivity index (χ3n) is 4.41. The summed E-state index contributed by atoms with van der Waals surface area (Å²) in [7, 11) is 0. The molecule has 1 aromatic heterocycles. The Morgan fingerprint density at radius 3 is 2.45 bits per heavy atom. The summed E-state index contributed by atoms with van der Waals surface area (Å²) < 4.78 is 5.66. The number of furan rings is 1. The molecule has 0 aliphatic heterocycles. The number of anilines is 1. The minimum absolute atomic E-state index is 0.0183. The molecule has 3 rings (SSSR count). The van der Waals surface area contributed by atoms with Gasteiger partial charge in [0.05, 0.1) is 4.92 Å². The molecule has 0 aliphatic rings. The fourth-order valence-corrected chi connectivity index (χ4v) is 2.64. The number of nitrogens with one attached hydrogen (secondary N) is 1. The van der Waals surface area contributed by atoms with E-state index in [1.165, 1.54) is 18.2 Å². The van der Waals surface area contributed by atoms with Crippen molar-refractivity contribution in [3.8, 4) is 17.4 Å². The Morgan fingerprint density at radius 2 is 1.83 bits per heavy atom. The van der Waals surface area contributed by atoms with Gasteiger partial charge in [0.2, 0.25) is 0 Å². The SMILES string of the molecule is Cc1ccc(NC(=O)C(C#N)=Cc2ccc(-c3ccc([N+](=O)[O-])cc3)o2)cc1C. The fourth-order valence-electron chi connectivity index (χ4n) is 2.64. The van der Waals surface area contributed by atoms with Crippen LogP contribution in [0.3, 0.4) is 0 Å². The van der Waals surface area contributed by atoms with Crippen LogP contribution in [0, 0.1) is 35.3 Å². The van der Waals surface area contributed by atoms with E-state index in [-0.39, 0.29) is 11.3 Å². The van der Waals surface area contributed by atoms with Crippen molar-refractivity contribution in [2.24, 2.45) is 0 Å². The molecule has 0 aliphatic carbocycles. The van der Waals surface area contributed by atoms with Crippen LogP contribution in [-0.4, -0.2) is 10.8 Å². The maximum Gasteiger partial charge on any atom is 0.269 e. The first-order chi connectivity index (χ1) is 13.9. The molecule has 144 valence electrons. The van der Waals surface area contributed by atoms with E-state index < -0.39 is 10.8 Å². The number of carbonyl (C=O) groups is 1. The summed E-state index contributed by atoms with van der Waals surface area (Å²) in [6.45, 7) is 3.91. The Kier molecular flexibility index (Phi) is 5.56. The van der Waals surface area contributed by atoms with E-state index in [0.29, 0.717) is 22.8 Å². The summed E-state index contributed by atoms with van der Waals surface area (Å²) in [5.74, 6) is 0.257. The molecule has 0 unspecified atom stereocenters. The zero-order chi connectivity index (χ0) is 21.0. The van der Waals surface area contributed by atoms with E-state index >= 15 is 0 Å². The number of amides is 1. The van der Waals surface area contributed by atoms with Crippen molar-refractivity contribution in [1.29, 1.82) is 5.26 Å². The van der Waals surface area contributed by atoms with Gasteiger partial charge in [0.1, 0.15) is 23.2 Å². The van der Waals surface area contributed by atoms with Gasteiger partial charge in [-0.2, -0.15) is 5.26 Å². The molecule has 1 heterocycles. The van der Waals surface area contributed by atoms with E-state index in [4.69, 9.17) is 4.42 Å². The molecule has 0 atom stereocenters. The molecule has 0 radical (unpaired) electrons. The minimum atomic E-state index is -0.538. The quantitative estimate of drug-likeness (QED) is 0.286. The normalized spacial score (nSPS) is 11.0. The van der Waals surface area contributed by atoms with Gasteiger partial charge in [0, 0.05) is 29.5 Å². The molecule has 1 N–H and O–H groups in total. The van der Waals surface area contributed by atoms with E-state index in [1.54, 1.807) is 30.3 Å². The predicted molar refractivity (Wildman–Crippen MR) is 109 cm³/mol. The molecule has 3 aromatic rings. The molecule has 0 fully saturated rings. The van der Waals surface area contributed by atoms with Gasteiger partial charge >= 0.3 is 0 Å². The van der Waals surface area contributed by atoms with Crippen LogP contribution in [0.5, 0.6) is 0 Å². The third-order valence-corrected chi connectivity index (χ3v) is 4.41. The number of aryl methyl sites for hydroxylation is 2. The van der Waals surface area contributed by atoms with Crippen molar-refractivity contribution in [2.45, 2.75) is 13.8 Å². The van der Waals surface area contributed by atoms with Gasteiger partial charge in [0.25, 0.3) is 11.6 Å². The van der Waals surface area contributed by atoms with Crippen LogP contribution in [0.2, 0.25) is 0 Å². The Morgan fingerprint density at radius 1 is 1.10 bits per heavy atom. The second-order valence-corrected chi connectivity index (χ2v) is 6.43. The molecule has 0 bridgehead atoms. The van der Waals surface area contributed by atoms with Crippen LogP contribution in [0.25, 0.3) is 17.4 Å². The Labute approximate surface area is 167 Å². The lowest BCUT2D eigenvalue weighted by atomic mass is 10.1. The van der Waals surface area contributed by atoms with Crippen LogP contribution in [-0.2, 0) is 4.79 Å². The van der Waals surface area contributed by atoms with Crippen molar-refractivity contribution in [3.05, 3.63) is 87.2 Å². The molecule has 2 aromatic carbocycles. The standard InChI is InChI=1S/C22H17N3O4/c1-14-3-6-18(11-15(14)2)24-22(26)17(13-23)12-20-9-10-21(29-20)16-4-7-19(8-5-16)25(27)28/h3-12H,1-2H3,(H,24,26). The summed E-state index contributed by atoms with van der Waals surface area (Å²) in [6, 6.07) is 16.6. The van der Waals surface area contributed by atoms with Crippen LogP contribution in [0.15, 0.2) is 64.6 Å². The van der Waals surface area contributed by atoms with Crippen molar-refractivity contribution in [2.75, 3.05) is 5.32 Å². The van der Waals surface area contributed by atoms with E-state index in [2.05, 4.69) is 5.32 Å². The first-order valence-corrected chi connectivity index (χ1v) is 8.72. The summed E-state index contributed by atoms with van der Waals surface area (Å²) in [5.41, 5.74) is 3.26. The lowest BCUT2D eigenvalue weighted by Crippen LogP contribution is -2.13. The number of benzene rings is 2. The smallest absolute Gasteiger partial charge is 0.269 e. The highest BCUT2D eigenvalue weighted by atomic mass is 16.6. The van der Waals surface area contributed by atoms with Crippen LogP contribution < -0.4 is 5.32 Å². The number of carbonyl (C=O) groups excluding carboxylic acids is 1. The minimum Gasteiger partial charge on any atom is -0.457 e. The second-order valence-electron chi connectivity index (χ2n) is 6.43. The third kappa shape index (κ3) is 4.57. The highest BCUT2D eigenvalue weighted by Gasteiger charge is 2.12. The fraction of sp³-hybridized carbons (Fsp3) is 0.0909. The van der Waals surface area contributed by atoms with E-state index in [1.807, 2.05) is 32.0 Å². The number of rotatable bonds is 5. The van der Waals surface area contributed by atoms with Gasteiger partial charge in [-0.3, -0.25) is 14.9 Å². The molecule has 0 spiro atoms. The molecule has 7 nitrogen and oxygen atoms in total. The monoisotopic (exact) mass is 387 g/mol. The largest absolute Gasteiger partial charge is 0.457 e. The number of non-ortho nitro benzene ring substituents is 1. The van der Waals surface area contributed by atoms with Crippen molar-refractivity contribution in [3.63, 3.8) is 0 Å². The Hall–Kier alpha value is -4.18. The number of nitro groups is 1. The van der Waals surface area contributed by atoms with E-state index in [9.17, 15) is 20.2 Å². The maximum atomic E-state index is 12.4. The zero-order valence-electron chi connectivity index (χ0n) is 15.8. The Balaban J connectivity index is 1.78. The first kappa shape index (κ1) is 19.6. The number of nitrogens with zero attached hydrogens (tertiary/aromatic N) is 2. The molecule has 29 heavy (non-hydrogen) atoms. The van der Waals surface area contributed by atoms with Crippen LogP contribution >= 0.6 is 0 Å². The van der Waals surface area contributed by atoms with Gasteiger partial charge in [-0.1, -0.05) is 6.07 Å². The van der Waals surface area contributed by atoms with Crippen molar-refractivity contribution >= 4 is 23.4 Å². The predicted octanol–water partition coefficient (Wildman–Crippen LogP) is 5.02. The number of nitro benzene ring substituents is 1. The summed E-state index contributed by atoms with van der Waals surface area (Å²) in [6.07, 6.45) is 1.35. The van der Waals surface area contributed by atoms with Gasteiger partial charge < -0.3 is 9.73 Å². The molecule has 0 saturated heterocycles. The van der Waals surface area contributed by atoms with Crippen LogP contribution in [0.1, 0.15) is 16.9 Å². The summed E-state index contributed by atoms with van der Waals surface area (Å²) in [4.78, 5) is 22.7. The van der Waals surface area contributed by atoms with Gasteiger partial charge in [-0.25, -0.2) is 0 Å². The van der Waals surface area contributed by atoms with E-state index in [0.717, 1.165) is 11.1 Å². The summed E-state index contributed by atoms with van der Waals surface area (Å²) >= 11 is 0. The molecular formula is C22H17N3O4. The van der Waals surface area contributed by atoms with Crippen LogP contribution in [0.4, 0.5) is 11.4 Å². The number of hydrogen-bond donors (Lipinski definition) is 1. The second kappa shape index (κ2) is 8.23. The van der Waals surface area contributed by atoms with Gasteiger partial charge in [0.15, 0.2) is 0 Å². The maximum absolute atomic E-state index is 12.4. The van der Waals surface area contributed by atoms with Gasteiger partial charge in [-0.05, 0) is 61.4 Å². The van der Waals surface area contributed by atoms with Crippen molar-refractivity contribution in [1.82, 2.24) is 0 Å². The van der Waals surface area contributed by atoms with Gasteiger partial charge in [-0.15, -0.1) is 0 Å². The Bertz CT molecular complexity index is 1150. The molecule has 1 amide bonds.